The molecule has 0 aliphatic carbocycles. The minimum Gasteiger partial charge on any atom is -0.379 e. The highest BCUT2D eigenvalue weighted by atomic mass is 16.5. The molecular formula is C17H37N5O. The zero-order valence-corrected chi connectivity index (χ0v) is 16.0. The van der Waals surface area contributed by atoms with Gasteiger partial charge in [-0.25, -0.2) is 0 Å². The summed E-state index contributed by atoms with van der Waals surface area (Å²) in [5, 5.41) is 6.78. The second-order valence-electron chi connectivity index (χ2n) is 7.47. The molecule has 1 atom stereocenters. The van der Waals surface area contributed by atoms with E-state index in [1.807, 2.05) is 7.05 Å². The van der Waals surface area contributed by atoms with Crippen molar-refractivity contribution in [3.05, 3.63) is 0 Å². The van der Waals surface area contributed by atoms with Crippen molar-refractivity contribution in [1.29, 1.82) is 0 Å². The van der Waals surface area contributed by atoms with Gasteiger partial charge >= 0.3 is 0 Å². The average molecular weight is 328 g/mol. The van der Waals surface area contributed by atoms with Gasteiger partial charge in [0.25, 0.3) is 0 Å². The molecule has 0 amide bonds. The molecule has 1 heterocycles. The Balaban J connectivity index is 2.28. The summed E-state index contributed by atoms with van der Waals surface area (Å²) < 4.78 is 5.58. The van der Waals surface area contributed by atoms with Crippen molar-refractivity contribution in [2.45, 2.75) is 33.3 Å². The molecule has 0 bridgehead atoms. The summed E-state index contributed by atoms with van der Waals surface area (Å²) in [5.41, 5.74) is 0.110. The maximum absolute atomic E-state index is 5.58. The van der Waals surface area contributed by atoms with Gasteiger partial charge in [0.1, 0.15) is 0 Å². The summed E-state index contributed by atoms with van der Waals surface area (Å²) in [7, 11) is 5.79. The number of hydrogen-bond donors (Lipinski definition) is 2. The second-order valence-corrected chi connectivity index (χ2v) is 7.47. The van der Waals surface area contributed by atoms with E-state index < -0.39 is 0 Å². The van der Waals surface area contributed by atoms with Gasteiger partial charge in [0.2, 0.25) is 0 Å². The van der Waals surface area contributed by atoms with E-state index in [9.17, 15) is 0 Å². The molecule has 6 heteroatoms. The van der Waals surface area contributed by atoms with Crippen LogP contribution in [-0.2, 0) is 4.74 Å². The molecule has 1 fully saturated rings. The maximum atomic E-state index is 5.58. The number of nitrogens with zero attached hydrogens (tertiary/aromatic N) is 3. The number of ether oxygens (including phenoxy) is 1. The van der Waals surface area contributed by atoms with Crippen molar-refractivity contribution in [2.24, 2.45) is 10.4 Å². The van der Waals surface area contributed by atoms with Crippen LogP contribution in [0.15, 0.2) is 4.99 Å². The SMILES string of the molecule is CN=C(NCCN1CCCN(C)CC1)NCC(OC)C(C)(C)C. The Morgan fingerprint density at radius 1 is 1.17 bits per heavy atom. The third-order valence-corrected chi connectivity index (χ3v) is 4.46. The summed E-state index contributed by atoms with van der Waals surface area (Å²) >= 11 is 0. The molecule has 2 N–H and O–H groups in total. The second kappa shape index (κ2) is 10.1. The topological polar surface area (TPSA) is 52.1 Å². The lowest BCUT2D eigenvalue weighted by Crippen LogP contribution is -2.47. The molecule has 1 unspecified atom stereocenters. The minimum atomic E-state index is 0.110. The predicted molar refractivity (Wildman–Crippen MR) is 98.2 cm³/mol. The fourth-order valence-electron chi connectivity index (χ4n) is 2.81. The molecule has 0 radical (unpaired) electrons. The van der Waals surface area contributed by atoms with E-state index in [0.29, 0.717) is 0 Å². The Morgan fingerprint density at radius 3 is 2.52 bits per heavy atom. The van der Waals surface area contributed by atoms with Crippen LogP contribution in [0.3, 0.4) is 0 Å². The van der Waals surface area contributed by atoms with Gasteiger partial charge in [0.05, 0.1) is 6.10 Å². The van der Waals surface area contributed by atoms with Crippen LogP contribution in [0.4, 0.5) is 0 Å². The van der Waals surface area contributed by atoms with Crippen LogP contribution >= 0.6 is 0 Å². The van der Waals surface area contributed by atoms with E-state index in [1.54, 1.807) is 7.11 Å². The molecule has 0 saturated carbocycles. The molecule has 6 nitrogen and oxygen atoms in total. The molecule has 0 aromatic carbocycles. The van der Waals surface area contributed by atoms with Crippen molar-refractivity contribution in [3.63, 3.8) is 0 Å². The Hall–Kier alpha value is -0.850. The lowest BCUT2D eigenvalue weighted by molar-refractivity contribution is 0.0205. The van der Waals surface area contributed by atoms with Crippen molar-refractivity contribution < 1.29 is 4.74 Å². The Labute approximate surface area is 142 Å². The van der Waals surface area contributed by atoms with Crippen LogP contribution in [0.25, 0.3) is 0 Å². The number of likely N-dealkylation sites (N-methyl/N-ethyl adjacent to an activating group) is 1. The van der Waals surface area contributed by atoms with Crippen molar-refractivity contribution in [3.8, 4) is 0 Å². The number of aliphatic imine (C=N–C) groups is 1. The standard InChI is InChI=1S/C17H37N5O/c1-17(2,3)15(23-6)14-20-16(18-4)19-8-11-22-10-7-9-21(5)12-13-22/h15H,7-14H2,1-6H3,(H2,18,19,20). The average Bonchev–Trinajstić information content (AvgIpc) is 2.69. The monoisotopic (exact) mass is 327 g/mol. The fraction of sp³-hybridized carbons (Fsp3) is 0.941. The first kappa shape index (κ1) is 20.2. The summed E-state index contributed by atoms with van der Waals surface area (Å²) in [5.74, 6) is 0.850. The molecule has 136 valence electrons. The molecule has 23 heavy (non-hydrogen) atoms. The van der Waals surface area contributed by atoms with Gasteiger partial charge in [-0.05, 0) is 32.0 Å². The third kappa shape index (κ3) is 7.99. The van der Waals surface area contributed by atoms with Crippen molar-refractivity contribution >= 4 is 5.96 Å². The van der Waals surface area contributed by atoms with Gasteiger partial charge in [-0.2, -0.15) is 0 Å². The van der Waals surface area contributed by atoms with E-state index in [4.69, 9.17) is 4.74 Å². The Morgan fingerprint density at radius 2 is 1.91 bits per heavy atom. The van der Waals surface area contributed by atoms with Gasteiger partial charge in [-0.1, -0.05) is 20.8 Å². The first-order valence-corrected chi connectivity index (χ1v) is 8.75. The van der Waals surface area contributed by atoms with E-state index in [-0.39, 0.29) is 11.5 Å². The fourth-order valence-corrected chi connectivity index (χ4v) is 2.81. The van der Waals surface area contributed by atoms with E-state index in [2.05, 4.69) is 53.2 Å². The lowest BCUT2D eigenvalue weighted by atomic mass is 9.89. The highest BCUT2D eigenvalue weighted by Crippen LogP contribution is 2.20. The third-order valence-electron chi connectivity index (χ3n) is 4.46. The van der Waals surface area contributed by atoms with Crippen LogP contribution < -0.4 is 10.6 Å². The van der Waals surface area contributed by atoms with Crippen molar-refractivity contribution in [2.75, 3.05) is 67.0 Å². The minimum absolute atomic E-state index is 0.110. The molecule has 1 aliphatic heterocycles. The number of rotatable bonds is 6. The molecule has 1 rings (SSSR count). The van der Waals surface area contributed by atoms with Crippen molar-refractivity contribution in [1.82, 2.24) is 20.4 Å². The number of guanidine groups is 1. The first-order valence-electron chi connectivity index (χ1n) is 8.75. The zero-order chi connectivity index (χ0) is 17.3. The summed E-state index contributed by atoms with van der Waals surface area (Å²) in [6.07, 6.45) is 1.41. The number of nitrogens with one attached hydrogen (secondary N) is 2. The quantitative estimate of drug-likeness (QED) is 0.560. The van der Waals surface area contributed by atoms with Crippen LogP contribution in [0, 0.1) is 5.41 Å². The first-order chi connectivity index (χ1) is 10.9. The number of methoxy groups -OCH3 is 1. The molecule has 0 aromatic heterocycles. The van der Waals surface area contributed by atoms with Crippen LogP contribution in [-0.4, -0.2) is 88.9 Å². The smallest absolute Gasteiger partial charge is 0.191 e. The number of hydrogen-bond acceptors (Lipinski definition) is 4. The summed E-state index contributed by atoms with van der Waals surface area (Å²) in [4.78, 5) is 9.23. The van der Waals surface area contributed by atoms with Gasteiger partial charge in [0, 0.05) is 46.9 Å². The molecule has 1 saturated heterocycles. The normalized spacial score (nSPS) is 20.2. The molecule has 0 spiro atoms. The highest BCUT2D eigenvalue weighted by Gasteiger charge is 2.24. The van der Waals surface area contributed by atoms with Crippen LogP contribution in [0.1, 0.15) is 27.2 Å². The molecule has 1 aliphatic rings. The maximum Gasteiger partial charge on any atom is 0.191 e. The van der Waals surface area contributed by atoms with Gasteiger partial charge in [0.15, 0.2) is 5.96 Å². The van der Waals surface area contributed by atoms with Crippen LogP contribution in [0.2, 0.25) is 0 Å². The molecular weight excluding hydrogens is 290 g/mol. The predicted octanol–water partition coefficient (Wildman–Crippen LogP) is 0.850. The highest BCUT2D eigenvalue weighted by molar-refractivity contribution is 5.79. The Kier molecular flexibility index (Phi) is 8.87. The van der Waals surface area contributed by atoms with Gasteiger partial charge in [-0.15, -0.1) is 0 Å². The van der Waals surface area contributed by atoms with E-state index in [0.717, 1.165) is 38.7 Å². The van der Waals surface area contributed by atoms with Gasteiger partial charge < -0.3 is 25.2 Å². The van der Waals surface area contributed by atoms with Gasteiger partial charge in [-0.3, -0.25) is 4.99 Å². The summed E-state index contributed by atoms with van der Waals surface area (Å²) in [6.45, 7) is 14.0. The van der Waals surface area contributed by atoms with E-state index in [1.165, 1.54) is 19.5 Å². The summed E-state index contributed by atoms with van der Waals surface area (Å²) in [6, 6.07) is 0. The van der Waals surface area contributed by atoms with E-state index >= 15 is 0 Å². The molecule has 0 aromatic rings. The Bertz CT molecular complexity index is 353. The lowest BCUT2D eigenvalue weighted by Gasteiger charge is -2.30. The largest absolute Gasteiger partial charge is 0.379 e. The zero-order valence-electron chi connectivity index (χ0n) is 16.0. The van der Waals surface area contributed by atoms with Crippen LogP contribution in [0.5, 0.6) is 0 Å².